The molecule has 0 aliphatic heterocycles. The summed E-state index contributed by atoms with van der Waals surface area (Å²) in [6.45, 7) is 9.12. The Bertz CT molecular complexity index is 402. The van der Waals surface area contributed by atoms with Crippen molar-refractivity contribution in [3.05, 3.63) is 48.0 Å². The summed E-state index contributed by atoms with van der Waals surface area (Å²) in [5, 5.41) is 0. The summed E-state index contributed by atoms with van der Waals surface area (Å²) in [5.41, 5.74) is 1.69. The van der Waals surface area contributed by atoms with E-state index in [2.05, 4.69) is 67.5 Å². The number of allylic oxidation sites excluding steroid dienone is 1. The fourth-order valence-corrected chi connectivity index (χ4v) is 1.49. The third-order valence-corrected chi connectivity index (χ3v) is 2.71. The molecule has 0 spiro atoms. The minimum absolute atomic E-state index is 0.293. The molecule has 0 saturated carbocycles. The average Bonchev–Trinajstić information content (AvgIpc) is 2.47. The monoisotopic (exact) mass is 292 g/mol. The van der Waals surface area contributed by atoms with Gasteiger partial charge < -0.3 is 9.47 Å². The Balaban J connectivity index is 0.000000382. The van der Waals surface area contributed by atoms with Crippen LogP contribution in [-0.4, -0.2) is 19.9 Å². The van der Waals surface area contributed by atoms with Gasteiger partial charge in [-0.25, -0.2) is 4.79 Å². The Morgan fingerprint density at radius 3 is 2.19 bits per heavy atom. The largest absolute Gasteiger partial charge is 0.507 e. The van der Waals surface area contributed by atoms with Crippen LogP contribution < -0.4 is 0 Å². The maximum absolute atomic E-state index is 10.4. The molecule has 0 aliphatic carbocycles. The molecule has 0 heterocycles. The van der Waals surface area contributed by atoms with Gasteiger partial charge >= 0.3 is 6.16 Å². The van der Waals surface area contributed by atoms with Crippen molar-refractivity contribution < 1.29 is 14.3 Å². The molecule has 118 valence electrons. The molecule has 1 aromatic carbocycles. The zero-order valence-corrected chi connectivity index (χ0v) is 13.9. The summed E-state index contributed by atoms with van der Waals surface area (Å²) in [5.74, 6) is 0. The van der Waals surface area contributed by atoms with Crippen molar-refractivity contribution in [3.8, 4) is 0 Å². The van der Waals surface area contributed by atoms with Crippen LogP contribution in [0.1, 0.15) is 46.1 Å². The Kier molecular flexibility index (Phi) is 10.0. The van der Waals surface area contributed by atoms with Gasteiger partial charge in [0.15, 0.2) is 0 Å². The predicted molar refractivity (Wildman–Crippen MR) is 87.5 cm³/mol. The van der Waals surface area contributed by atoms with Crippen molar-refractivity contribution >= 4 is 6.16 Å². The number of carbonyl (C=O) groups is 1. The first-order valence-electron chi connectivity index (χ1n) is 7.33. The van der Waals surface area contributed by atoms with E-state index in [4.69, 9.17) is 0 Å². The van der Waals surface area contributed by atoms with Gasteiger partial charge in [0.2, 0.25) is 0 Å². The number of ether oxygens (including phenoxy) is 2. The quantitative estimate of drug-likeness (QED) is 0.439. The van der Waals surface area contributed by atoms with Crippen molar-refractivity contribution in [2.45, 2.75) is 46.0 Å². The third kappa shape index (κ3) is 10.7. The highest BCUT2D eigenvalue weighted by molar-refractivity contribution is 5.59. The number of hydrogen-bond donors (Lipinski definition) is 0. The molecule has 0 bridgehead atoms. The van der Waals surface area contributed by atoms with E-state index in [0.29, 0.717) is 12.0 Å². The van der Waals surface area contributed by atoms with E-state index < -0.39 is 6.16 Å². The normalized spacial score (nSPS) is 10.7. The van der Waals surface area contributed by atoms with Gasteiger partial charge in [-0.2, -0.15) is 0 Å². The number of hydrogen-bond acceptors (Lipinski definition) is 3. The summed E-state index contributed by atoms with van der Waals surface area (Å²) in [6.07, 6.45) is 5.15. The average molecular weight is 292 g/mol. The van der Waals surface area contributed by atoms with Gasteiger partial charge in [-0.05, 0) is 23.8 Å². The molecule has 1 rings (SSSR count). The van der Waals surface area contributed by atoms with E-state index in [1.807, 2.05) is 12.2 Å². The smallest absolute Gasteiger partial charge is 0.438 e. The second kappa shape index (κ2) is 11.0. The van der Waals surface area contributed by atoms with Crippen LogP contribution in [0.4, 0.5) is 4.79 Å². The fraction of sp³-hybridized carbons (Fsp3) is 0.500. The van der Waals surface area contributed by atoms with E-state index in [0.717, 1.165) is 12.8 Å². The summed E-state index contributed by atoms with van der Waals surface area (Å²) in [4.78, 5) is 10.4. The second-order valence-electron chi connectivity index (χ2n) is 5.59. The van der Waals surface area contributed by atoms with Crippen LogP contribution >= 0.6 is 0 Å². The Labute approximate surface area is 129 Å². The summed E-state index contributed by atoms with van der Waals surface area (Å²) < 4.78 is 8.90. The lowest BCUT2D eigenvalue weighted by Crippen LogP contribution is -2.10. The van der Waals surface area contributed by atoms with Crippen LogP contribution in [0.25, 0.3) is 0 Å². The van der Waals surface area contributed by atoms with Crippen LogP contribution in [-0.2, 0) is 14.9 Å². The van der Waals surface area contributed by atoms with Gasteiger partial charge in [0.25, 0.3) is 0 Å². The minimum atomic E-state index is -0.616. The van der Waals surface area contributed by atoms with E-state index in [1.165, 1.54) is 12.7 Å². The summed E-state index contributed by atoms with van der Waals surface area (Å²) >= 11 is 0. The molecule has 0 saturated heterocycles. The molecule has 0 aliphatic rings. The van der Waals surface area contributed by atoms with Crippen molar-refractivity contribution in [3.63, 3.8) is 0 Å². The van der Waals surface area contributed by atoms with Gasteiger partial charge in [0, 0.05) is 0 Å². The van der Waals surface area contributed by atoms with Crippen LogP contribution in [0, 0.1) is 0 Å². The lowest BCUT2D eigenvalue weighted by atomic mass is 9.87. The third-order valence-electron chi connectivity index (χ3n) is 2.71. The maximum atomic E-state index is 10.4. The molecule has 1 aromatic rings. The van der Waals surface area contributed by atoms with Gasteiger partial charge in [-0.1, -0.05) is 70.2 Å². The molecule has 21 heavy (non-hydrogen) atoms. The molecule has 0 radical (unpaired) electrons. The highest BCUT2D eigenvalue weighted by Crippen LogP contribution is 2.20. The van der Waals surface area contributed by atoms with Gasteiger partial charge in [0.1, 0.15) is 0 Å². The lowest BCUT2D eigenvalue weighted by molar-refractivity contribution is 0.0741. The number of methoxy groups -OCH3 is 1. The maximum Gasteiger partial charge on any atom is 0.507 e. The van der Waals surface area contributed by atoms with E-state index in [-0.39, 0.29) is 0 Å². The van der Waals surface area contributed by atoms with E-state index in [9.17, 15) is 4.79 Å². The number of carbonyl (C=O) groups excluding carboxylic acids is 1. The number of rotatable bonds is 4. The van der Waals surface area contributed by atoms with Crippen LogP contribution in [0.5, 0.6) is 0 Å². The molecule has 0 amide bonds. The van der Waals surface area contributed by atoms with Crippen molar-refractivity contribution in [1.82, 2.24) is 0 Å². The van der Waals surface area contributed by atoms with Crippen LogP contribution in [0.15, 0.2) is 42.5 Å². The van der Waals surface area contributed by atoms with Crippen LogP contribution in [0.2, 0.25) is 0 Å². The molecule has 0 fully saturated rings. The summed E-state index contributed by atoms with van der Waals surface area (Å²) in [7, 11) is 1.30. The van der Waals surface area contributed by atoms with Gasteiger partial charge in [-0.3, -0.25) is 0 Å². The Morgan fingerprint density at radius 2 is 1.76 bits per heavy atom. The molecular formula is C18H28O3. The SMILES string of the molecule is CC(C)(C)c1ccccc1.CC/C=C/CCOC(=O)OC. The first-order valence-corrected chi connectivity index (χ1v) is 7.33. The highest BCUT2D eigenvalue weighted by Gasteiger charge is 2.11. The van der Waals surface area contributed by atoms with E-state index >= 15 is 0 Å². The standard InChI is InChI=1S/C10H14.C8H14O3/c1-10(2,3)9-7-5-4-6-8-9;1-3-4-5-6-7-11-8(9)10-2/h4-8H,1-3H3;4-5H,3,6-7H2,1-2H3/b;5-4+. The van der Waals surface area contributed by atoms with Crippen LogP contribution in [0.3, 0.4) is 0 Å². The second-order valence-corrected chi connectivity index (χ2v) is 5.59. The molecule has 0 N–H and O–H groups in total. The Hall–Kier alpha value is -1.77. The first-order chi connectivity index (χ1) is 9.91. The van der Waals surface area contributed by atoms with Gasteiger partial charge in [0.05, 0.1) is 13.7 Å². The Morgan fingerprint density at radius 1 is 1.14 bits per heavy atom. The lowest BCUT2D eigenvalue weighted by Gasteiger charge is -2.18. The number of benzene rings is 1. The molecule has 0 atom stereocenters. The molecule has 3 nitrogen and oxygen atoms in total. The molecule has 0 aromatic heterocycles. The van der Waals surface area contributed by atoms with Gasteiger partial charge in [-0.15, -0.1) is 0 Å². The molecule has 0 unspecified atom stereocenters. The zero-order valence-electron chi connectivity index (χ0n) is 13.9. The van der Waals surface area contributed by atoms with Crippen molar-refractivity contribution in [1.29, 1.82) is 0 Å². The minimum Gasteiger partial charge on any atom is -0.438 e. The summed E-state index contributed by atoms with van der Waals surface area (Å²) in [6, 6.07) is 10.6. The topological polar surface area (TPSA) is 35.5 Å². The molecule has 3 heteroatoms. The van der Waals surface area contributed by atoms with Crippen molar-refractivity contribution in [2.75, 3.05) is 13.7 Å². The fourth-order valence-electron chi connectivity index (χ4n) is 1.49. The van der Waals surface area contributed by atoms with E-state index in [1.54, 1.807) is 0 Å². The molecular weight excluding hydrogens is 264 g/mol. The first kappa shape index (κ1) is 19.2. The predicted octanol–water partition coefficient (Wildman–Crippen LogP) is 5.11. The zero-order chi connectivity index (χ0) is 16.1. The highest BCUT2D eigenvalue weighted by atomic mass is 16.7. The van der Waals surface area contributed by atoms with Crippen molar-refractivity contribution in [2.24, 2.45) is 0 Å².